The van der Waals surface area contributed by atoms with Gasteiger partial charge in [-0.25, -0.2) is 4.39 Å². The van der Waals surface area contributed by atoms with Crippen LogP contribution in [0.1, 0.15) is 28.3 Å². The SMILES string of the molecule is Cc1ccccc1C(N)c1ccc(C(F)(F)F)c(F)c1. The Morgan fingerprint density at radius 1 is 1.05 bits per heavy atom. The van der Waals surface area contributed by atoms with Crippen molar-refractivity contribution in [3.05, 3.63) is 70.5 Å². The van der Waals surface area contributed by atoms with E-state index in [1.54, 1.807) is 12.1 Å². The van der Waals surface area contributed by atoms with Gasteiger partial charge >= 0.3 is 6.18 Å². The zero-order valence-electron chi connectivity index (χ0n) is 10.7. The number of alkyl halides is 3. The molecule has 2 rings (SSSR count). The number of hydrogen-bond donors (Lipinski definition) is 1. The second-order valence-electron chi connectivity index (χ2n) is 4.57. The second-order valence-corrected chi connectivity index (χ2v) is 4.57. The molecule has 0 spiro atoms. The van der Waals surface area contributed by atoms with Crippen molar-refractivity contribution in [2.24, 2.45) is 5.73 Å². The minimum atomic E-state index is -4.70. The maximum atomic E-state index is 13.5. The van der Waals surface area contributed by atoms with Gasteiger partial charge in [0, 0.05) is 0 Å². The molecule has 2 aromatic carbocycles. The molecule has 2 aromatic rings. The second kappa shape index (κ2) is 5.25. The van der Waals surface area contributed by atoms with E-state index in [0.717, 1.165) is 23.3 Å². The van der Waals surface area contributed by atoms with Crippen LogP contribution in [0.4, 0.5) is 17.6 Å². The van der Waals surface area contributed by atoms with Crippen molar-refractivity contribution in [3.63, 3.8) is 0 Å². The summed E-state index contributed by atoms with van der Waals surface area (Å²) < 4.78 is 51.0. The molecule has 0 amide bonds. The molecule has 0 fully saturated rings. The van der Waals surface area contributed by atoms with Crippen LogP contribution >= 0.6 is 0 Å². The van der Waals surface area contributed by atoms with E-state index in [4.69, 9.17) is 5.73 Å². The average molecular weight is 283 g/mol. The maximum absolute atomic E-state index is 13.5. The van der Waals surface area contributed by atoms with Gasteiger partial charge in [-0.1, -0.05) is 30.3 Å². The van der Waals surface area contributed by atoms with Crippen molar-refractivity contribution in [2.45, 2.75) is 19.1 Å². The maximum Gasteiger partial charge on any atom is 0.419 e. The summed E-state index contributed by atoms with van der Waals surface area (Å²) in [5, 5.41) is 0. The number of aryl methyl sites for hydroxylation is 1. The topological polar surface area (TPSA) is 26.0 Å². The molecule has 106 valence electrons. The van der Waals surface area contributed by atoms with E-state index >= 15 is 0 Å². The summed E-state index contributed by atoms with van der Waals surface area (Å²) >= 11 is 0. The molecule has 0 aliphatic carbocycles. The molecule has 0 heterocycles. The Morgan fingerprint density at radius 3 is 2.25 bits per heavy atom. The molecule has 0 bridgehead atoms. The van der Waals surface area contributed by atoms with Crippen LogP contribution in [0, 0.1) is 12.7 Å². The fraction of sp³-hybridized carbons (Fsp3) is 0.200. The Bertz CT molecular complexity index is 620. The minimum Gasteiger partial charge on any atom is -0.320 e. The fourth-order valence-corrected chi connectivity index (χ4v) is 2.07. The van der Waals surface area contributed by atoms with Gasteiger partial charge in [-0.15, -0.1) is 0 Å². The summed E-state index contributed by atoms with van der Waals surface area (Å²) in [5.41, 5.74) is 6.69. The summed E-state index contributed by atoms with van der Waals surface area (Å²) in [7, 11) is 0. The first kappa shape index (κ1) is 14.5. The average Bonchev–Trinajstić information content (AvgIpc) is 2.37. The normalized spacial score (nSPS) is 13.3. The highest BCUT2D eigenvalue weighted by Crippen LogP contribution is 2.33. The molecule has 2 N–H and O–H groups in total. The molecule has 0 aromatic heterocycles. The van der Waals surface area contributed by atoms with Gasteiger partial charge in [0.15, 0.2) is 0 Å². The third-order valence-electron chi connectivity index (χ3n) is 3.18. The van der Waals surface area contributed by atoms with Crippen LogP contribution < -0.4 is 5.73 Å². The van der Waals surface area contributed by atoms with Crippen molar-refractivity contribution in [2.75, 3.05) is 0 Å². The first-order chi connectivity index (χ1) is 9.30. The van der Waals surface area contributed by atoms with Gasteiger partial charge in [-0.2, -0.15) is 13.2 Å². The lowest BCUT2D eigenvalue weighted by Gasteiger charge is -2.16. The Balaban J connectivity index is 2.40. The molecule has 0 radical (unpaired) electrons. The van der Waals surface area contributed by atoms with Crippen molar-refractivity contribution in [1.82, 2.24) is 0 Å². The largest absolute Gasteiger partial charge is 0.419 e. The number of rotatable bonds is 2. The van der Waals surface area contributed by atoms with Crippen LogP contribution in [0.3, 0.4) is 0 Å². The van der Waals surface area contributed by atoms with Gasteiger partial charge < -0.3 is 5.73 Å². The van der Waals surface area contributed by atoms with Crippen LogP contribution in [0.15, 0.2) is 42.5 Å². The van der Waals surface area contributed by atoms with Crippen LogP contribution in [-0.4, -0.2) is 0 Å². The Kier molecular flexibility index (Phi) is 3.81. The summed E-state index contributed by atoms with van der Waals surface area (Å²) in [6, 6.07) is 9.35. The number of halogens is 4. The molecule has 0 aliphatic heterocycles. The zero-order valence-corrected chi connectivity index (χ0v) is 10.7. The highest BCUT2D eigenvalue weighted by Gasteiger charge is 2.34. The highest BCUT2D eigenvalue weighted by atomic mass is 19.4. The lowest BCUT2D eigenvalue weighted by atomic mass is 9.95. The summed E-state index contributed by atoms with van der Waals surface area (Å²) in [5.74, 6) is -1.31. The van der Waals surface area contributed by atoms with Gasteiger partial charge in [0.1, 0.15) is 5.82 Å². The quantitative estimate of drug-likeness (QED) is 0.821. The molecular weight excluding hydrogens is 270 g/mol. The third-order valence-corrected chi connectivity index (χ3v) is 3.18. The van der Waals surface area contributed by atoms with Crippen LogP contribution in [0.5, 0.6) is 0 Å². The van der Waals surface area contributed by atoms with E-state index in [2.05, 4.69) is 0 Å². The van der Waals surface area contributed by atoms with Crippen molar-refractivity contribution < 1.29 is 17.6 Å². The highest BCUT2D eigenvalue weighted by molar-refractivity contribution is 5.38. The van der Waals surface area contributed by atoms with E-state index in [0.29, 0.717) is 5.56 Å². The van der Waals surface area contributed by atoms with Gasteiger partial charge in [0.25, 0.3) is 0 Å². The van der Waals surface area contributed by atoms with Gasteiger partial charge in [0.2, 0.25) is 0 Å². The number of nitrogens with two attached hydrogens (primary N) is 1. The molecule has 0 saturated heterocycles. The summed E-state index contributed by atoms with van der Waals surface area (Å²) in [6.45, 7) is 1.84. The Labute approximate surface area is 114 Å². The lowest BCUT2D eigenvalue weighted by Crippen LogP contribution is -2.15. The predicted octanol–water partition coefficient (Wildman–Crippen LogP) is 4.20. The molecule has 1 nitrogen and oxygen atoms in total. The van der Waals surface area contributed by atoms with Gasteiger partial charge in [-0.05, 0) is 35.7 Å². The van der Waals surface area contributed by atoms with Crippen LogP contribution in [-0.2, 0) is 6.18 Å². The van der Waals surface area contributed by atoms with Crippen molar-refractivity contribution in [1.29, 1.82) is 0 Å². The molecular formula is C15H13F4N. The number of hydrogen-bond acceptors (Lipinski definition) is 1. The standard InChI is InChI=1S/C15H13F4N/c1-9-4-2-3-5-11(9)14(20)10-6-7-12(13(16)8-10)15(17,18)19/h2-8,14H,20H2,1H3. The predicted molar refractivity (Wildman–Crippen MR) is 68.6 cm³/mol. The molecule has 0 aliphatic rings. The van der Waals surface area contributed by atoms with E-state index in [-0.39, 0.29) is 0 Å². The van der Waals surface area contributed by atoms with E-state index in [1.165, 1.54) is 6.07 Å². The Hall–Kier alpha value is -1.88. The molecule has 1 unspecified atom stereocenters. The first-order valence-corrected chi connectivity index (χ1v) is 5.98. The fourth-order valence-electron chi connectivity index (χ4n) is 2.07. The number of benzene rings is 2. The minimum absolute atomic E-state index is 0.310. The van der Waals surface area contributed by atoms with Crippen molar-refractivity contribution >= 4 is 0 Å². The van der Waals surface area contributed by atoms with Crippen LogP contribution in [0.2, 0.25) is 0 Å². The summed E-state index contributed by atoms with van der Waals surface area (Å²) in [6.07, 6.45) is -4.70. The van der Waals surface area contributed by atoms with E-state index in [9.17, 15) is 17.6 Å². The van der Waals surface area contributed by atoms with Crippen LogP contribution in [0.25, 0.3) is 0 Å². The summed E-state index contributed by atoms with van der Waals surface area (Å²) in [4.78, 5) is 0. The van der Waals surface area contributed by atoms with E-state index in [1.807, 2.05) is 19.1 Å². The smallest absolute Gasteiger partial charge is 0.320 e. The monoisotopic (exact) mass is 283 g/mol. The third kappa shape index (κ3) is 2.82. The Morgan fingerprint density at radius 2 is 1.70 bits per heavy atom. The van der Waals surface area contributed by atoms with Gasteiger partial charge in [0.05, 0.1) is 11.6 Å². The van der Waals surface area contributed by atoms with Gasteiger partial charge in [-0.3, -0.25) is 0 Å². The first-order valence-electron chi connectivity index (χ1n) is 5.98. The molecule has 0 saturated carbocycles. The van der Waals surface area contributed by atoms with Crippen molar-refractivity contribution in [3.8, 4) is 0 Å². The zero-order chi connectivity index (χ0) is 14.9. The molecule has 1 atom stereocenters. The van der Waals surface area contributed by atoms with E-state index < -0.39 is 23.6 Å². The molecule has 20 heavy (non-hydrogen) atoms. The molecule has 5 heteroatoms. The lowest BCUT2D eigenvalue weighted by molar-refractivity contribution is -0.140.